The number of nitro groups is 1. The number of aryl methyl sites for hydroxylation is 1. The van der Waals surface area contributed by atoms with Gasteiger partial charge in [0.1, 0.15) is 6.20 Å². The molecule has 144 valence electrons. The van der Waals surface area contributed by atoms with E-state index in [1.54, 1.807) is 0 Å². The standard InChI is InChI=1S/C19H18N4O4S/c1-3-13-6-8-14(9-7-13)15-11-28-19(21-15)22-18(24)12(2)27-16-5-4-10-20-17(16)23(25)26/h4-12H,3H2,1-2H3,(H,21,22,24)/t12-/m0/s1. The number of anilines is 1. The molecule has 3 rings (SSSR count). The molecule has 2 aromatic heterocycles. The molecule has 0 spiro atoms. The zero-order chi connectivity index (χ0) is 20.1. The van der Waals surface area contributed by atoms with E-state index in [4.69, 9.17) is 4.74 Å². The Morgan fingerprint density at radius 2 is 2.07 bits per heavy atom. The topological polar surface area (TPSA) is 107 Å². The molecular weight excluding hydrogens is 380 g/mol. The van der Waals surface area contributed by atoms with Crippen molar-refractivity contribution in [2.24, 2.45) is 0 Å². The summed E-state index contributed by atoms with van der Waals surface area (Å²) in [6.45, 7) is 3.60. The lowest BCUT2D eigenvalue weighted by Gasteiger charge is -2.13. The van der Waals surface area contributed by atoms with E-state index in [-0.39, 0.29) is 5.75 Å². The molecule has 0 saturated carbocycles. The normalized spacial score (nSPS) is 11.6. The number of rotatable bonds is 7. The fourth-order valence-corrected chi connectivity index (χ4v) is 3.16. The first-order valence-electron chi connectivity index (χ1n) is 8.59. The maximum absolute atomic E-state index is 12.4. The van der Waals surface area contributed by atoms with Crippen LogP contribution in [0.4, 0.5) is 10.9 Å². The lowest BCUT2D eigenvalue weighted by Crippen LogP contribution is -2.30. The van der Waals surface area contributed by atoms with Crippen LogP contribution in [-0.4, -0.2) is 26.9 Å². The molecule has 9 heteroatoms. The van der Waals surface area contributed by atoms with Crippen LogP contribution in [0, 0.1) is 10.1 Å². The van der Waals surface area contributed by atoms with E-state index in [2.05, 4.69) is 22.2 Å². The van der Waals surface area contributed by atoms with E-state index >= 15 is 0 Å². The molecule has 0 fully saturated rings. The quantitative estimate of drug-likeness (QED) is 0.475. The van der Waals surface area contributed by atoms with Crippen LogP contribution in [0.25, 0.3) is 11.3 Å². The number of hydrogen-bond donors (Lipinski definition) is 1. The predicted octanol–water partition coefficient (Wildman–Crippen LogP) is 4.08. The molecule has 1 N–H and O–H groups in total. The van der Waals surface area contributed by atoms with Gasteiger partial charge in [0, 0.05) is 10.9 Å². The molecule has 1 amide bonds. The molecule has 28 heavy (non-hydrogen) atoms. The predicted molar refractivity (Wildman–Crippen MR) is 107 cm³/mol. The number of thiazole rings is 1. The molecule has 0 radical (unpaired) electrons. The van der Waals surface area contributed by atoms with Gasteiger partial charge in [0.15, 0.2) is 11.2 Å². The molecule has 0 bridgehead atoms. The maximum Gasteiger partial charge on any atom is 0.406 e. The highest BCUT2D eigenvalue weighted by Gasteiger charge is 2.22. The van der Waals surface area contributed by atoms with Crippen LogP contribution in [0.1, 0.15) is 19.4 Å². The summed E-state index contributed by atoms with van der Waals surface area (Å²) in [4.78, 5) is 30.8. The van der Waals surface area contributed by atoms with Crippen molar-refractivity contribution in [1.29, 1.82) is 0 Å². The average Bonchev–Trinajstić information content (AvgIpc) is 3.16. The third kappa shape index (κ3) is 4.49. The maximum atomic E-state index is 12.4. The fraction of sp³-hybridized carbons (Fsp3) is 0.211. The van der Waals surface area contributed by atoms with Crippen LogP contribution >= 0.6 is 11.3 Å². The summed E-state index contributed by atoms with van der Waals surface area (Å²) in [5, 5.41) is 16.0. The van der Waals surface area contributed by atoms with Gasteiger partial charge in [0.25, 0.3) is 5.91 Å². The number of carbonyl (C=O) groups is 1. The third-order valence-electron chi connectivity index (χ3n) is 3.99. The van der Waals surface area contributed by atoms with Crippen LogP contribution in [0.2, 0.25) is 0 Å². The highest BCUT2D eigenvalue weighted by atomic mass is 32.1. The molecule has 0 aliphatic carbocycles. The van der Waals surface area contributed by atoms with Gasteiger partial charge in [-0.3, -0.25) is 10.1 Å². The SMILES string of the molecule is CCc1ccc(-c2csc(NC(=O)[C@H](C)Oc3cccnc3[N+](=O)[O-])n2)cc1. The number of nitrogens with one attached hydrogen (secondary N) is 1. The number of aromatic nitrogens is 2. The van der Waals surface area contributed by atoms with E-state index in [0.717, 1.165) is 17.7 Å². The number of nitrogens with zero attached hydrogens (tertiary/aromatic N) is 3. The highest BCUT2D eigenvalue weighted by molar-refractivity contribution is 7.14. The summed E-state index contributed by atoms with van der Waals surface area (Å²) in [6.07, 6.45) is 1.30. The van der Waals surface area contributed by atoms with Gasteiger partial charge in [-0.2, -0.15) is 0 Å². The van der Waals surface area contributed by atoms with Gasteiger partial charge in [-0.05, 0) is 40.9 Å². The summed E-state index contributed by atoms with van der Waals surface area (Å²) in [6, 6.07) is 11.0. The van der Waals surface area contributed by atoms with E-state index in [0.29, 0.717) is 5.13 Å². The minimum absolute atomic E-state index is 0.0639. The van der Waals surface area contributed by atoms with Gasteiger partial charge in [0.2, 0.25) is 5.75 Å². The summed E-state index contributed by atoms with van der Waals surface area (Å²) in [5.74, 6) is -0.958. The summed E-state index contributed by atoms with van der Waals surface area (Å²) < 4.78 is 5.42. The van der Waals surface area contributed by atoms with Crippen molar-refractivity contribution in [1.82, 2.24) is 9.97 Å². The second-order valence-corrected chi connectivity index (χ2v) is 6.78. The second-order valence-electron chi connectivity index (χ2n) is 5.92. The Morgan fingerprint density at radius 3 is 2.75 bits per heavy atom. The highest BCUT2D eigenvalue weighted by Crippen LogP contribution is 2.27. The van der Waals surface area contributed by atoms with Crippen molar-refractivity contribution in [2.45, 2.75) is 26.4 Å². The van der Waals surface area contributed by atoms with Gasteiger partial charge in [0.05, 0.1) is 5.69 Å². The van der Waals surface area contributed by atoms with Crippen molar-refractivity contribution in [3.63, 3.8) is 0 Å². The zero-order valence-electron chi connectivity index (χ0n) is 15.3. The lowest BCUT2D eigenvalue weighted by molar-refractivity contribution is -0.390. The molecule has 3 aromatic rings. The average molecular weight is 398 g/mol. The minimum atomic E-state index is -0.959. The Balaban J connectivity index is 1.66. The first-order valence-corrected chi connectivity index (χ1v) is 9.47. The van der Waals surface area contributed by atoms with E-state index < -0.39 is 22.8 Å². The molecule has 0 saturated heterocycles. The van der Waals surface area contributed by atoms with Crippen LogP contribution in [-0.2, 0) is 11.2 Å². The van der Waals surface area contributed by atoms with E-state index in [9.17, 15) is 14.9 Å². The Kier molecular flexibility index (Phi) is 5.95. The lowest BCUT2D eigenvalue weighted by atomic mass is 10.1. The summed E-state index contributed by atoms with van der Waals surface area (Å²) in [5.41, 5.74) is 2.96. The first kappa shape index (κ1) is 19.4. The van der Waals surface area contributed by atoms with Gasteiger partial charge in [-0.1, -0.05) is 31.2 Å². The molecule has 0 aliphatic rings. The van der Waals surface area contributed by atoms with Crippen molar-refractivity contribution >= 4 is 28.2 Å². The van der Waals surface area contributed by atoms with E-state index in [1.807, 2.05) is 29.6 Å². The smallest absolute Gasteiger partial charge is 0.406 e. The number of pyridine rings is 1. The molecule has 2 heterocycles. The van der Waals surface area contributed by atoms with Gasteiger partial charge >= 0.3 is 5.82 Å². The number of carbonyl (C=O) groups excluding carboxylic acids is 1. The Labute approximate surface area is 165 Å². The molecule has 1 aromatic carbocycles. The van der Waals surface area contributed by atoms with Crippen LogP contribution in [0.5, 0.6) is 5.75 Å². The van der Waals surface area contributed by atoms with Gasteiger partial charge in [-0.25, -0.2) is 4.98 Å². The first-order chi connectivity index (χ1) is 13.5. The minimum Gasteiger partial charge on any atom is -0.473 e. The van der Waals surface area contributed by atoms with E-state index in [1.165, 1.54) is 42.2 Å². The Hall–Kier alpha value is -3.33. The summed E-state index contributed by atoms with van der Waals surface area (Å²) >= 11 is 1.30. The summed E-state index contributed by atoms with van der Waals surface area (Å²) in [7, 11) is 0. The second kappa shape index (κ2) is 8.57. The third-order valence-corrected chi connectivity index (χ3v) is 4.75. The Bertz CT molecular complexity index is 988. The molecule has 8 nitrogen and oxygen atoms in total. The molecular formula is C19H18N4O4S. The number of benzene rings is 1. The number of amides is 1. The van der Waals surface area contributed by atoms with Crippen molar-refractivity contribution in [3.05, 3.63) is 63.7 Å². The van der Waals surface area contributed by atoms with Crippen molar-refractivity contribution in [3.8, 4) is 17.0 Å². The van der Waals surface area contributed by atoms with Crippen LogP contribution in [0.15, 0.2) is 48.0 Å². The van der Waals surface area contributed by atoms with Crippen molar-refractivity contribution < 1.29 is 14.5 Å². The monoisotopic (exact) mass is 398 g/mol. The number of ether oxygens (including phenoxy) is 1. The zero-order valence-corrected chi connectivity index (χ0v) is 16.1. The molecule has 0 aliphatic heterocycles. The van der Waals surface area contributed by atoms with Gasteiger partial charge in [-0.15, -0.1) is 11.3 Å². The van der Waals surface area contributed by atoms with Crippen molar-refractivity contribution in [2.75, 3.05) is 5.32 Å². The van der Waals surface area contributed by atoms with Gasteiger partial charge < -0.3 is 14.9 Å². The molecule has 0 unspecified atom stereocenters. The van der Waals surface area contributed by atoms with Crippen LogP contribution in [0.3, 0.4) is 0 Å². The Morgan fingerprint density at radius 1 is 1.32 bits per heavy atom. The molecule has 1 atom stereocenters. The van der Waals surface area contributed by atoms with Crippen LogP contribution < -0.4 is 10.1 Å². The fourth-order valence-electron chi connectivity index (χ4n) is 2.44. The largest absolute Gasteiger partial charge is 0.473 e. The number of hydrogen-bond acceptors (Lipinski definition) is 7.